The lowest BCUT2D eigenvalue weighted by Gasteiger charge is -2.37. The van der Waals surface area contributed by atoms with E-state index >= 15 is 0 Å². The van der Waals surface area contributed by atoms with Crippen molar-refractivity contribution in [3.63, 3.8) is 0 Å². The summed E-state index contributed by atoms with van der Waals surface area (Å²) in [5.74, 6) is 2.01. The number of aliphatic imine (C=N–C) groups is 1. The molecule has 2 fully saturated rings. The zero-order chi connectivity index (χ0) is 17.0. The molecular weight excluding hydrogens is 447 g/mol. The highest BCUT2D eigenvalue weighted by Crippen LogP contribution is 2.36. The zero-order valence-corrected chi connectivity index (χ0v) is 18.8. The molecule has 0 unspecified atom stereocenters. The third-order valence-electron chi connectivity index (χ3n) is 5.32. The van der Waals surface area contributed by atoms with Crippen LogP contribution in [0, 0.1) is 5.41 Å². The van der Waals surface area contributed by atoms with E-state index in [4.69, 9.17) is 0 Å². The minimum Gasteiger partial charge on any atom is -0.356 e. The first-order valence-electron chi connectivity index (χ1n) is 9.17. The minimum atomic E-state index is 0. The Morgan fingerprint density at radius 1 is 1.24 bits per heavy atom. The molecular formula is C17H31IN6S. The van der Waals surface area contributed by atoms with Crippen LogP contribution in [0.25, 0.3) is 0 Å². The summed E-state index contributed by atoms with van der Waals surface area (Å²) in [7, 11) is 1.89. The first-order chi connectivity index (χ1) is 11.6. The van der Waals surface area contributed by atoms with Crippen LogP contribution in [-0.4, -0.2) is 60.0 Å². The van der Waals surface area contributed by atoms with Crippen molar-refractivity contribution in [1.29, 1.82) is 0 Å². The van der Waals surface area contributed by atoms with E-state index in [2.05, 4.69) is 43.3 Å². The van der Waals surface area contributed by atoms with Gasteiger partial charge in [0, 0.05) is 57.7 Å². The van der Waals surface area contributed by atoms with Gasteiger partial charge >= 0.3 is 0 Å². The molecule has 0 radical (unpaired) electrons. The van der Waals surface area contributed by atoms with Crippen molar-refractivity contribution >= 4 is 46.6 Å². The normalized spacial score (nSPS) is 20.5. The molecule has 1 aromatic rings. The van der Waals surface area contributed by atoms with Crippen LogP contribution in [0.3, 0.4) is 0 Å². The van der Waals surface area contributed by atoms with E-state index in [1.807, 2.05) is 7.05 Å². The highest BCUT2D eigenvalue weighted by Gasteiger charge is 2.29. The third-order valence-corrected chi connectivity index (χ3v) is 6.13. The molecule has 0 atom stereocenters. The van der Waals surface area contributed by atoms with Gasteiger partial charge in [-0.3, -0.25) is 4.99 Å². The number of hydrogen-bond donors (Lipinski definition) is 1. The van der Waals surface area contributed by atoms with Gasteiger partial charge in [-0.1, -0.05) is 26.7 Å². The Labute approximate surface area is 172 Å². The van der Waals surface area contributed by atoms with E-state index in [0.717, 1.165) is 56.1 Å². The first kappa shape index (κ1) is 20.7. The van der Waals surface area contributed by atoms with Crippen LogP contribution in [0.15, 0.2) is 4.99 Å². The van der Waals surface area contributed by atoms with Crippen molar-refractivity contribution in [3.05, 3.63) is 5.82 Å². The number of nitrogens with one attached hydrogen (secondary N) is 1. The SMILES string of the molecule is CCc1nsc(N2CCN(C(=NC)NCC3(C)CCCC3)CC2)n1.I. The van der Waals surface area contributed by atoms with Gasteiger partial charge in [0.15, 0.2) is 5.96 Å². The number of aromatic nitrogens is 2. The van der Waals surface area contributed by atoms with Crippen molar-refractivity contribution in [1.82, 2.24) is 19.6 Å². The second-order valence-electron chi connectivity index (χ2n) is 7.24. The number of nitrogens with zero attached hydrogens (tertiary/aromatic N) is 5. The van der Waals surface area contributed by atoms with Gasteiger partial charge in [-0.2, -0.15) is 4.37 Å². The van der Waals surface area contributed by atoms with Gasteiger partial charge in [0.25, 0.3) is 0 Å². The highest BCUT2D eigenvalue weighted by molar-refractivity contribution is 14.0. The molecule has 2 heterocycles. The van der Waals surface area contributed by atoms with Gasteiger partial charge < -0.3 is 15.1 Å². The first-order valence-corrected chi connectivity index (χ1v) is 9.94. The highest BCUT2D eigenvalue weighted by atomic mass is 127. The predicted octanol–water partition coefficient (Wildman–Crippen LogP) is 3.00. The average Bonchev–Trinajstić information content (AvgIpc) is 3.25. The Bertz CT molecular complexity index is 561. The van der Waals surface area contributed by atoms with E-state index in [1.54, 1.807) is 0 Å². The fourth-order valence-electron chi connectivity index (χ4n) is 3.66. The lowest BCUT2D eigenvalue weighted by atomic mass is 9.89. The molecule has 1 saturated carbocycles. The van der Waals surface area contributed by atoms with Crippen molar-refractivity contribution in [3.8, 4) is 0 Å². The molecule has 142 valence electrons. The molecule has 0 bridgehead atoms. The maximum absolute atomic E-state index is 4.61. The van der Waals surface area contributed by atoms with Gasteiger partial charge in [-0.25, -0.2) is 4.98 Å². The molecule has 3 rings (SSSR count). The fourth-order valence-corrected chi connectivity index (χ4v) is 4.46. The number of hydrogen-bond acceptors (Lipinski definition) is 5. The topological polar surface area (TPSA) is 56.7 Å². The van der Waals surface area contributed by atoms with Crippen LogP contribution in [0.4, 0.5) is 5.13 Å². The number of anilines is 1. The van der Waals surface area contributed by atoms with E-state index in [1.165, 1.54) is 37.2 Å². The summed E-state index contributed by atoms with van der Waals surface area (Å²) in [6.07, 6.45) is 6.32. The van der Waals surface area contributed by atoms with E-state index in [-0.39, 0.29) is 24.0 Å². The molecule has 1 N–H and O–H groups in total. The zero-order valence-electron chi connectivity index (χ0n) is 15.6. The van der Waals surface area contributed by atoms with E-state index < -0.39 is 0 Å². The molecule has 2 aliphatic rings. The van der Waals surface area contributed by atoms with Crippen LogP contribution in [0.2, 0.25) is 0 Å². The molecule has 0 aromatic carbocycles. The Morgan fingerprint density at radius 3 is 2.48 bits per heavy atom. The van der Waals surface area contributed by atoms with Gasteiger partial charge in [-0.05, 0) is 18.3 Å². The summed E-state index contributed by atoms with van der Waals surface area (Å²) in [5.41, 5.74) is 0.445. The van der Waals surface area contributed by atoms with Crippen LogP contribution >= 0.6 is 35.5 Å². The average molecular weight is 478 g/mol. The molecule has 6 nitrogen and oxygen atoms in total. The largest absolute Gasteiger partial charge is 0.356 e. The molecule has 1 aliphatic heterocycles. The molecule has 0 amide bonds. The Kier molecular flexibility index (Phi) is 7.72. The van der Waals surface area contributed by atoms with Crippen LogP contribution in [-0.2, 0) is 6.42 Å². The Hall–Kier alpha value is -0.640. The second kappa shape index (κ2) is 9.34. The predicted molar refractivity (Wildman–Crippen MR) is 116 cm³/mol. The fraction of sp³-hybridized carbons (Fsp3) is 0.824. The van der Waals surface area contributed by atoms with Crippen molar-refractivity contribution < 1.29 is 0 Å². The van der Waals surface area contributed by atoms with Gasteiger partial charge in [-0.15, -0.1) is 24.0 Å². The van der Waals surface area contributed by atoms with Crippen molar-refractivity contribution in [2.75, 3.05) is 44.7 Å². The summed E-state index contributed by atoms with van der Waals surface area (Å²) >= 11 is 1.52. The van der Waals surface area contributed by atoms with Gasteiger partial charge in [0.2, 0.25) is 5.13 Å². The van der Waals surface area contributed by atoms with Crippen LogP contribution < -0.4 is 10.2 Å². The molecule has 25 heavy (non-hydrogen) atoms. The maximum atomic E-state index is 4.61. The number of halogens is 1. The number of aryl methyl sites for hydroxylation is 1. The molecule has 1 aromatic heterocycles. The molecule has 1 aliphatic carbocycles. The Morgan fingerprint density at radius 2 is 1.92 bits per heavy atom. The smallest absolute Gasteiger partial charge is 0.205 e. The number of piperazine rings is 1. The van der Waals surface area contributed by atoms with Gasteiger partial charge in [0.1, 0.15) is 5.82 Å². The van der Waals surface area contributed by atoms with E-state index in [9.17, 15) is 0 Å². The molecule has 1 saturated heterocycles. The van der Waals surface area contributed by atoms with Crippen LogP contribution in [0.5, 0.6) is 0 Å². The van der Waals surface area contributed by atoms with Crippen molar-refractivity contribution in [2.45, 2.75) is 46.0 Å². The van der Waals surface area contributed by atoms with Crippen molar-refractivity contribution in [2.24, 2.45) is 10.4 Å². The summed E-state index contributed by atoms with van der Waals surface area (Å²) in [6, 6.07) is 0. The summed E-state index contributed by atoms with van der Waals surface area (Å²) in [6.45, 7) is 9.47. The maximum Gasteiger partial charge on any atom is 0.205 e. The lowest BCUT2D eigenvalue weighted by Crippen LogP contribution is -2.53. The summed E-state index contributed by atoms with van der Waals surface area (Å²) in [5, 5.41) is 4.68. The monoisotopic (exact) mass is 478 g/mol. The number of guanidine groups is 1. The van der Waals surface area contributed by atoms with Gasteiger partial charge in [0.05, 0.1) is 0 Å². The summed E-state index contributed by atoms with van der Waals surface area (Å²) < 4.78 is 4.40. The minimum absolute atomic E-state index is 0. The van der Waals surface area contributed by atoms with Crippen LogP contribution in [0.1, 0.15) is 45.4 Å². The molecule has 0 spiro atoms. The lowest BCUT2D eigenvalue weighted by molar-refractivity contribution is 0.317. The molecule has 8 heteroatoms. The Balaban J connectivity index is 0.00000225. The van der Waals surface area contributed by atoms with E-state index in [0.29, 0.717) is 5.41 Å². The standard InChI is InChI=1S/C17H30N6S.HI/c1-4-14-20-16(24-21-14)23-11-9-22(10-12-23)15(18-3)19-13-17(2)7-5-6-8-17;/h4-13H2,1-3H3,(H,18,19);1H. The second-order valence-corrected chi connectivity index (χ2v) is 7.97. The third kappa shape index (κ3) is 5.18. The quantitative estimate of drug-likeness (QED) is 0.410. The number of rotatable bonds is 4. The summed E-state index contributed by atoms with van der Waals surface area (Å²) in [4.78, 5) is 13.8.